The van der Waals surface area contributed by atoms with Crippen molar-refractivity contribution in [3.63, 3.8) is 0 Å². The van der Waals surface area contributed by atoms with Crippen LogP contribution in [0.25, 0.3) is 0 Å². The lowest BCUT2D eigenvalue weighted by Gasteiger charge is -2.34. The zero-order valence-corrected chi connectivity index (χ0v) is 16.2. The van der Waals surface area contributed by atoms with Crippen LogP contribution in [0.1, 0.15) is 19.8 Å². The Morgan fingerprint density at radius 3 is 2.66 bits per heavy atom. The average molecular weight is 408 g/mol. The smallest absolute Gasteiger partial charge is 0.414 e. The molecule has 0 aromatic heterocycles. The van der Waals surface area contributed by atoms with E-state index in [1.165, 1.54) is 17.9 Å². The monoisotopic (exact) mass is 408 g/mol. The molecule has 0 radical (unpaired) electrons. The summed E-state index contributed by atoms with van der Waals surface area (Å²) in [6, 6.07) is 4.57. The lowest BCUT2D eigenvalue weighted by molar-refractivity contribution is -0.124. The molecule has 1 aromatic rings. The lowest BCUT2D eigenvalue weighted by atomic mass is 10.0. The maximum absolute atomic E-state index is 14.7. The Hall–Kier alpha value is -2.88. The fourth-order valence-electron chi connectivity index (χ4n) is 3.55. The van der Waals surface area contributed by atoms with E-state index in [1.807, 2.05) is 4.90 Å². The SMILES string of the molecule is CC(=O)NC[C@H]1CN(c2ccc(N3CCC(NC(=O)CO)CC3)c(F)c2)C(=O)O1. The first-order valence-electron chi connectivity index (χ1n) is 9.54. The highest BCUT2D eigenvalue weighted by atomic mass is 19.1. The van der Waals surface area contributed by atoms with Crippen LogP contribution in [-0.4, -0.2) is 67.9 Å². The molecule has 10 heteroatoms. The van der Waals surface area contributed by atoms with Gasteiger partial charge in [0.1, 0.15) is 18.5 Å². The molecular formula is C19H25FN4O5. The molecule has 1 aromatic carbocycles. The zero-order valence-electron chi connectivity index (χ0n) is 16.2. The van der Waals surface area contributed by atoms with Crippen molar-refractivity contribution < 1.29 is 28.6 Å². The molecule has 3 rings (SSSR count). The molecule has 2 saturated heterocycles. The number of nitrogens with zero attached hydrogens (tertiary/aromatic N) is 2. The Bertz CT molecular complexity index is 782. The van der Waals surface area contributed by atoms with Crippen LogP contribution in [0, 0.1) is 5.82 Å². The zero-order chi connectivity index (χ0) is 21.0. The number of cyclic esters (lactones) is 1. The van der Waals surface area contributed by atoms with Crippen LogP contribution in [0.4, 0.5) is 20.6 Å². The van der Waals surface area contributed by atoms with Gasteiger partial charge in [0.15, 0.2) is 0 Å². The second kappa shape index (κ2) is 9.08. The predicted octanol–water partition coefficient (Wildman–Crippen LogP) is 0.364. The number of nitrogens with one attached hydrogen (secondary N) is 2. The molecule has 3 amide bonds. The Morgan fingerprint density at radius 1 is 1.31 bits per heavy atom. The average Bonchev–Trinajstić information content (AvgIpc) is 3.07. The van der Waals surface area contributed by atoms with Gasteiger partial charge in [0.25, 0.3) is 0 Å². The number of ether oxygens (including phenoxy) is 1. The van der Waals surface area contributed by atoms with Crippen molar-refractivity contribution in [3.05, 3.63) is 24.0 Å². The molecule has 158 valence electrons. The van der Waals surface area contributed by atoms with E-state index in [9.17, 15) is 18.8 Å². The Morgan fingerprint density at radius 2 is 2.03 bits per heavy atom. The maximum atomic E-state index is 14.7. The van der Waals surface area contributed by atoms with Crippen molar-refractivity contribution in [2.75, 3.05) is 42.6 Å². The third kappa shape index (κ3) is 5.14. The molecule has 0 unspecified atom stereocenters. The molecule has 3 N–H and O–H groups in total. The topological polar surface area (TPSA) is 111 Å². The largest absolute Gasteiger partial charge is 0.442 e. The highest BCUT2D eigenvalue weighted by Crippen LogP contribution is 2.29. The molecule has 2 heterocycles. The van der Waals surface area contributed by atoms with E-state index in [1.54, 1.807) is 12.1 Å². The molecule has 0 aliphatic carbocycles. The van der Waals surface area contributed by atoms with Gasteiger partial charge < -0.3 is 25.4 Å². The molecule has 2 aliphatic heterocycles. The molecule has 1 atom stereocenters. The number of hydrogen-bond acceptors (Lipinski definition) is 6. The van der Waals surface area contributed by atoms with Crippen LogP contribution < -0.4 is 20.4 Å². The van der Waals surface area contributed by atoms with Crippen LogP contribution in [0.2, 0.25) is 0 Å². The molecule has 2 fully saturated rings. The number of rotatable bonds is 6. The van der Waals surface area contributed by atoms with Gasteiger partial charge in [-0.15, -0.1) is 0 Å². The number of aliphatic hydroxyl groups is 1. The maximum Gasteiger partial charge on any atom is 0.414 e. The van der Waals surface area contributed by atoms with Crippen LogP contribution in [0.3, 0.4) is 0 Å². The summed E-state index contributed by atoms with van der Waals surface area (Å²) in [5, 5.41) is 14.1. The normalized spacial score (nSPS) is 19.8. The first-order valence-corrected chi connectivity index (χ1v) is 9.54. The number of carbonyl (C=O) groups excluding carboxylic acids is 3. The fraction of sp³-hybridized carbons (Fsp3) is 0.526. The van der Waals surface area contributed by atoms with E-state index in [2.05, 4.69) is 10.6 Å². The summed E-state index contributed by atoms with van der Waals surface area (Å²) in [4.78, 5) is 37.6. The van der Waals surface area contributed by atoms with Crippen LogP contribution >= 0.6 is 0 Å². The highest BCUT2D eigenvalue weighted by Gasteiger charge is 2.33. The van der Waals surface area contributed by atoms with E-state index in [4.69, 9.17) is 9.84 Å². The summed E-state index contributed by atoms with van der Waals surface area (Å²) in [7, 11) is 0. The Balaban J connectivity index is 1.60. The van der Waals surface area contributed by atoms with Gasteiger partial charge in [0, 0.05) is 26.1 Å². The minimum absolute atomic E-state index is 0.0341. The van der Waals surface area contributed by atoms with Gasteiger partial charge in [0.2, 0.25) is 11.8 Å². The van der Waals surface area contributed by atoms with Gasteiger partial charge in [-0.1, -0.05) is 0 Å². The quantitative estimate of drug-likeness (QED) is 0.627. The summed E-state index contributed by atoms with van der Waals surface area (Å²) >= 11 is 0. The number of halogens is 1. The van der Waals surface area contributed by atoms with Crippen molar-refractivity contribution >= 4 is 29.3 Å². The van der Waals surface area contributed by atoms with Crippen LogP contribution in [0.15, 0.2) is 18.2 Å². The second-order valence-electron chi connectivity index (χ2n) is 7.18. The van der Waals surface area contributed by atoms with E-state index in [-0.39, 0.29) is 25.0 Å². The summed E-state index contributed by atoms with van der Waals surface area (Å²) in [5.41, 5.74) is 0.828. The van der Waals surface area contributed by atoms with E-state index < -0.39 is 30.5 Å². The molecule has 9 nitrogen and oxygen atoms in total. The van der Waals surface area contributed by atoms with E-state index in [0.29, 0.717) is 37.3 Å². The number of carbonyl (C=O) groups is 3. The third-order valence-electron chi connectivity index (χ3n) is 5.04. The van der Waals surface area contributed by atoms with Gasteiger partial charge in [-0.3, -0.25) is 14.5 Å². The molecule has 2 aliphatic rings. The minimum Gasteiger partial charge on any atom is -0.442 e. The van der Waals surface area contributed by atoms with Crippen LogP contribution in [-0.2, 0) is 14.3 Å². The number of hydrogen-bond donors (Lipinski definition) is 3. The summed E-state index contributed by atoms with van der Waals surface area (Å²) in [6.45, 7) is 2.41. The van der Waals surface area contributed by atoms with Gasteiger partial charge in [-0.25, -0.2) is 9.18 Å². The van der Waals surface area contributed by atoms with E-state index in [0.717, 1.165) is 0 Å². The number of amides is 3. The van der Waals surface area contributed by atoms with Gasteiger partial charge in [0.05, 0.1) is 24.5 Å². The van der Waals surface area contributed by atoms with Gasteiger partial charge in [-0.2, -0.15) is 0 Å². The van der Waals surface area contributed by atoms with E-state index >= 15 is 0 Å². The molecular weight excluding hydrogens is 383 g/mol. The van der Waals surface area contributed by atoms with Crippen molar-refractivity contribution in [2.45, 2.75) is 31.9 Å². The second-order valence-corrected chi connectivity index (χ2v) is 7.18. The predicted molar refractivity (Wildman–Crippen MR) is 103 cm³/mol. The number of anilines is 2. The molecule has 0 spiro atoms. The number of benzene rings is 1. The standard InChI is InChI=1S/C19H25FN4O5/c1-12(26)21-9-15-10-24(19(28)29-15)14-2-3-17(16(20)8-14)23-6-4-13(5-7-23)22-18(27)11-25/h2-3,8,13,15,25H,4-7,9-11H2,1H3,(H,21,26)(H,22,27)/t15-/m0/s1. The summed E-state index contributed by atoms with van der Waals surface area (Å²) < 4.78 is 20.0. The Kier molecular flexibility index (Phi) is 6.53. The van der Waals surface area contributed by atoms with Gasteiger partial charge >= 0.3 is 6.09 Å². The number of aliphatic hydroxyl groups excluding tert-OH is 1. The van der Waals surface area contributed by atoms with Crippen molar-refractivity contribution in [1.29, 1.82) is 0 Å². The third-order valence-corrected chi connectivity index (χ3v) is 5.04. The molecule has 0 saturated carbocycles. The van der Waals surface area contributed by atoms with Crippen molar-refractivity contribution in [3.8, 4) is 0 Å². The summed E-state index contributed by atoms with van der Waals surface area (Å²) in [6.07, 6.45) is 0.238. The fourth-order valence-corrected chi connectivity index (χ4v) is 3.55. The molecule has 29 heavy (non-hydrogen) atoms. The van der Waals surface area contributed by atoms with Crippen molar-refractivity contribution in [1.82, 2.24) is 10.6 Å². The first-order chi connectivity index (χ1) is 13.9. The first kappa shape index (κ1) is 20.8. The van der Waals surface area contributed by atoms with Gasteiger partial charge in [-0.05, 0) is 31.0 Å². The minimum atomic E-state index is -0.576. The van der Waals surface area contributed by atoms with Crippen LogP contribution in [0.5, 0.6) is 0 Å². The summed E-state index contributed by atoms with van der Waals surface area (Å²) in [5.74, 6) is -1.07. The highest BCUT2D eigenvalue weighted by molar-refractivity contribution is 5.90. The lowest BCUT2D eigenvalue weighted by Crippen LogP contribution is -2.45. The molecule has 0 bridgehead atoms. The Labute approximate surface area is 167 Å². The number of piperidine rings is 1. The van der Waals surface area contributed by atoms with Crippen molar-refractivity contribution in [2.24, 2.45) is 0 Å².